The molecule has 200 valence electrons. The van der Waals surface area contributed by atoms with Crippen LogP contribution >= 0.6 is 0 Å². The number of alkyl carbamates (subject to hydrolysis) is 1. The lowest BCUT2D eigenvalue weighted by Gasteiger charge is -2.34. The number of nitrogens with one attached hydrogen (secondary N) is 2. The lowest BCUT2D eigenvalue weighted by Crippen LogP contribution is -2.52. The molecule has 36 heavy (non-hydrogen) atoms. The van der Waals surface area contributed by atoms with Crippen molar-refractivity contribution in [3.8, 4) is 12.3 Å². The molecule has 1 aromatic carbocycles. The molecule has 0 bridgehead atoms. The smallest absolute Gasteiger partial charge is 0.408 e. The molecule has 2 N–H and O–H groups in total. The van der Waals surface area contributed by atoms with E-state index in [-0.39, 0.29) is 17.9 Å². The Labute approximate surface area is 217 Å². The van der Waals surface area contributed by atoms with Gasteiger partial charge in [-0.25, -0.2) is 4.79 Å². The van der Waals surface area contributed by atoms with Gasteiger partial charge in [0.1, 0.15) is 17.7 Å². The van der Waals surface area contributed by atoms with E-state index in [4.69, 9.17) is 11.2 Å². The summed E-state index contributed by atoms with van der Waals surface area (Å²) in [4.78, 5) is 41.0. The summed E-state index contributed by atoms with van der Waals surface area (Å²) in [6.07, 6.45) is 11.1. The average Bonchev–Trinajstić information content (AvgIpc) is 2.78. The van der Waals surface area contributed by atoms with Gasteiger partial charge in [-0.2, -0.15) is 0 Å². The van der Waals surface area contributed by atoms with Crippen LogP contribution in [0, 0.1) is 12.3 Å². The van der Waals surface area contributed by atoms with E-state index in [1.54, 1.807) is 56.9 Å². The highest BCUT2D eigenvalue weighted by atomic mass is 16.6. The van der Waals surface area contributed by atoms with Gasteiger partial charge in [-0.15, -0.1) is 6.42 Å². The third-order valence-electron chi connectivity index (χ3n) is 5.52. The van der Waals surface area contributed by atoms with Gasteiger partial charge in [0.25, 0.3) is 0 Å². The predicted octanol–water partition coefficient (Wildman–Crippen LogP) is 5.34. The van der Waals surface area contributed by atoms with Crippen LogP contribution < -0.4 is 10.6 Å². The average molecular weight is 500 g/mol. The van der Waals surface area contributed by atoms with Crippen LogP contribution in [0.2, 0.25) is 0 Å². The second-order valence-electron chi connectivity index (χ2n) is 10.5. The standard InChI is InChI=1S/C29H45N3O4/c1-9-11-12-13-14-15-20-32(27(34)22(5)31-28(35)36-29(6,7)8)25(26(33)30-21(3)4)24-18-16-23(10-2)17-19-24/h2,16-19,21-22,25H,9,11-15,20H2,1,3-8H3,(H,30,33)(H,31,35). The maximum absolute atomic E-state index is 13.7. The Kier molecular flexibility index (Phi) is 13.1. The Hall–Kier alpha value is -3.01. The monoisotopic (exact) mass is 499 g/mol. The van der Waals surface area contributed by atoms with Crippen LogP contribution in [-0.4, -0.2) is 47.0 Å². The van der Waals surface area contributed by atoms with Crippen LogP contribution in [0.1, 0.15) is 104 Å². The number of benzene rings is 1. The molecule has 1 aromatic rings. The molecule has 2 unspecified atom stereocenters. The minimum atomic E-state index is -0.876. The zero-order chi connectivity index (χ0) is 27.3. The summed E-state index contributed by atoms with van der Waals surface area (Å²) in [7, 11) is 0. The summed E-state index contributed by atoms with van der Waals surface area (Å²) in [5.41, 5.74) is 0.662. The number of nitrogens with zero attached hydrogens (tertiary/aromatic N) is 1. The molecule has 1 rings (SSSR count). The van der Waals surface area contributed by atoms with Gasteiger partial charge in [0.05, 0.1) is 0 Å². The molecular weight excluding hydrogens is 454 g/mol. The SMILES string of the molecule is C#Cc1ccc(C(C(=O)NC(C)C)N(CCCCCCCC)C(=O)C(C)NC(=O)OC(C)(C)C)cc1. The van der Waals surface area contributed by atoms with Crippen molar-refractivity contribution in [2.45, 2.75) is 111 Å². The Balaban J connectivity index is 3.26. The first-order chi connectivity index (χ1) is 16.9. The van der Waals surface area contributed by atoms with Crippen LogP contribution in [0.5, 0.6) is 0 Å². The van der Waals surface area contributed by atoms with Gasteiger partial charge >= 0.3 is 6.09 Å². The number of unbranched alkanes of at least 4 members (excludes halogenated alkanes) is 5. The van der Waals surface area contributed by atoms with Gasteiger partial charge < -0.3 is 20.3 Å². The molecule has 0 aromatic heterocycles. The van der Waals surface area contributed by atoms with Crippen LogP contribution in [0.4, 0.5) is 4.79 Å². The minimum absolute atomic E-state index is 0.103. The molecule has 0 saturated carbocycles. The van der Waals surface area contributed by atoms with E-state index in [1.165, 1.54) is 6.42 Å². The van der Waals surface area contributed by atoms with Crippen LogP contribution in [0.3, 0.4) is 0 Å². The number of terminal acetylenes is 1. The summed E-state index contributed by atoms with van der Waals surface area (Å²) in [6, 6.07) is 5.26. The lowest BCUT2D eigenvalue weighted by atomic mass is 10.0. The summed E-state index contributed by atoms with van der Waals surface area (Å²) in [5.74, 6) is 1.96. The zero-order valence-electron chi connectivity index (χ0n) is 23.1. The maximum atomic E-state index is 13.7. The summed E-state index contributed by atoms with van der Waals surface area (Å²) < 4.78 is 5.33. The number of ether oxygens (including phenoxy) is 1. The molecule has 7 heteroatoms. The third-order valence-corrected chi connectivity index (χ3v) is 5.52. The largest absolute Gasteiger partial charge is 0.444 e. The van der Waals surface area contributed by atoms with Gasteiger partial charge in [0, 0.05) is 18.2 Å². The number of hydrogen-bond donors (Lipinski definition) is 2. The molecule has 0 fully saturated rings. The molecule has 2 atom stereocenters. The fourth-order valence-corrected chi connectivity index (χ4v) is 3.82. The number of rotatable bonds is 13. The highest BCUT2D eigenvalue weighted by molar-refractivity contribution is 5.92. The normalized spacial score (nSPS) is 12.9. The Morgan fingerprint density at radius 3 is 2.08 bits per heavy atom. The van der Waals surface area contributed by atoms with Gasteiger partial charge in [0.2, 0.25) is 11.8 Å². The van der Waals surface area contributed by atoms with Crippen molar-refractivity contribution in [1.82, 2.24) is 15.5 Å². The van der Waals surface area contributed by atoms with Gasteiger partial charge in [-0.3, -0.25) is 9.59 Å². The molecule has 0 aliphatic carbocycles. The molecule has 3 amide bonds. The van der Waals surface area contributed by atoms with E-state index in [1.807, 2.05) is 13.8 Å². The van der Waals surface area contributed by atoms with Gasteiger partial charge in [-0.1, -0.05) is 57.1 Å². The van der Waals surface area contributed by atoms with Crippen molar-refractivity contribution < 1.29 is 19.1 Å². The molecule has 0 spiro atoms. The van der Waals surface area contributed by atoms with E-state index >= 15 is 0 Å². The fraction of sp³-hybridized carbons (Fsp3) is 0.621. The zero-order valence-corrected chi connectivity index (χ0v) is 23.1. The third kappa shape index (κ3) is 11.2. The minimum Gasteiger partial charge on any atom is -0.444 e. The number of hydrogen-bond acceptors (Lipinski definition) is 4. The van der Waals surface area contributed by atoms with Crippen molar-refractivity contribution in [1.29, 1.82) is 0 Å². The Morgan fingerprint density at radius 1 is 0.972 bits per heavy atom. The quantitative estimate of drug-likeness (QED) is 0.283. The first-order valence-corrected chi connectivity index (χ1v) is 13.1. The van der Waals surface area contributed by atoms with E-state index in [9.17, 15) is 14.4 Å². The fourth-order valence-electron chi connectivity index (χ4n) is 3.82. The second kappa shape index (κ2) is 15.2. The summed E-state index contributed by atoms with van der Waals surface area (Å²) in [5, 5.41) is 5.58. The van der Waals surface area contributed by atoms with Crippen molar-refractivity contribution >= 4 is 17.9 Å². The molecule has 0 radical (unpaired) electrons. The molecule has 0 aliphatic rings. The van der Waals surface area contributed by atoms with E-state index in [2.05, 4.69) is 23.5 Å². The van der Waals surface area contributed by atoms with Crippen LogP contribution in [-0.2, 0) is 14.3 Å². The number of amides is 3. The topological polar surface area (TPSA) is 87.7 Å². The van der Waals surface area contributed by atoms with Crippen LogP contribution in [0.15, 0.2) is 24.3 Å². The summed E-state index contributed by atoms with van der Waals surface area (Å²) in [6.45, 7) is 13.2. The van der Waals surface area contributed by atoms with Gasteiger partial charge in [-0.05, 0) is 65.7 Å². The Morgan fingerprint density at radius 2 is 1.56 bits per heavy atom. The maximum Gasteiger partial charge on any atom is 0.408 e. The van der Waals surface area contributed by atoms with E-state index in [0.29, 0.717) is 17.7 Å². The number of carbonyl (C=O) groups is 3. The van der Waals surface area contributed by atoms with Gasteiger partial charge in [0.15, 0.2) is 0 Å². The molecule has 0 heterocycles. The van der Waals surface area contributed by atoms with Crippen molar-refractivity contribution in [2.24, 2.45) is 0 Å². The van der Waals surface area contributed by atoms with E-state index < -0.39 is 23.8 Å². The first-order valence-electron chi connectivity index (χ1n) is 13.1. The van der Waals surface area contributed by atoms with Crippen molar-refractivity contribution in [3.63, 3.8) is 0 Å². The highest BCUT2D eigenvalue weighted by Gasteiger charge is 2.34. The van der Waals surface area contributed by atoms with E-state index in [0.717, 1.165) is 32.1 Å². The highest BCUT2D eigenvalue weighted by Crippen LogP contribution is 2.24. The number of carbonyl (C=O) groups excluding carboxylic acids is 3. The molecule has 7 nitrogen and oxygen atoms in total. The molecule has 0 aliphatic heterocycles. The molecule has 0 saturated heterocycles. The van der Waals surface area contributed by atoms with Crippen molar-refractivity contribution in [2.75, 3.05) is 6.54 Å². The second-order valence-corrected chi connectivity index (χ2v) is 10.5. The first kappa shape index (κ1) is 31.0. The lowest BCUT2D eigenvalue weighted by molar-refractivity contribution is -0.142. The summed E-state index contributed by atoms with van der Waals surface area (Å²) >= 11 is 0. The van der Waals surface area contributed by atoms with Crippen LogP contribution in [0.25, 0.3) is 0 Å². The predicted molar refractivity (Wildman–Crippen MR) is 144 cm³/mol. The Bertz CT molecular complexity index is 881. The van der Waals surface area contributed by atoms with Crippen molar-refractivity contribution in [3.05, 3.63) is 35.4 Å². The molecular formula is C29H45N3O4.